The lowest BCUT2D eigenvalue weighted by Gasteiger charge is -2.04. The Balaban J connectivity index is 1.79. The molecule has 0 atom stereocenters. The lowest BCUT2D eigenvalue weighted by molar-refractivity contribution is 0.0956. The van der Waals surface area contributed by atoms with E-state index in [1.165, 1.54) is 22.7 Å². The molecule has 2 amide bonds. The molecular weight excluding hydrogens is 344 g/mol. The van der Waals surface area contributed by atoms with E-state index in [1.807, 2.05) is 24.3 Å². The number of hydrogen-bond donors (Lipinski definition) is 2. The van der Waals surface area contributed by atoms with E-state index in [4.69, 9.17) is 0 Å². The van der Waals surface area contributed by atoms with Gasteiger partial charge < -0.3 is 5.32 Å². The average molecular weight is 358 g/mol. The zero-order valence-electron chi connectivity index (χ0n) is 13.0. The van der Waals surface area contributed by atoms with Crippen LogP contribution in [0.15, 0.2) is 40.8 Å². The molecule has 0 saturated carbocycles. The van der Waals surface area contributed by atoms with Gasteiger partial charge in [-0.3, -0.25) is 9.59 Å². The van der Waals surface area contributed by atoms with Crippen molar-refractivity contribution in [2.24, 2.45) is 5.10 Å². The fraction of sp³-hybridized carbons (Fsp3) is 0.125. The number of carbonyl (C=O) groups is 2. The highest BCUT2D eigenvalue weighted by atomic mass is 32.1. The first kappa shape index (κ1) is 16.3. The van der Waals surface area contributed by atoms with Crippen LogP contribution >= 0.6 is 22.7 Å². The van der Waals surface area contributed by atoms with Gasteiger partial charge in [0.05, 0.1) is 15.8 Å². The average Bonchev–Trinajstić information content (AvgIpc) is 3.18. The van der Waals surface area contributed by atoms with E-state index >= 15 is 0 Å². The van der Waals surface area contributed by atoms with E-state index in [9.17, 15) is 9.59 Å². The Labute approximate surface area is 146 Å². The molecule has 0 unspecified atom stereocenters. The van der Waals surface area contributed by atoms with Gasteiger partial charge in [-0.25, -0.2) is 10.4 Å². The number of thiophene rings is 1. The second-order valence-electron chi connectivity index (χ2n) is 5.10. The SMILES string of the molecule is CC(C)=NNC(=O)c1ccsc1NC(=O)c1nc2ccccc2s1. The summed E-state index contributed by atoms with van der Waals surface area (Å²) in [5, 5.41) is 9.21. The van der Waals surface area contributed by atoms with Gasteiger partial charge in [-0.2, -0.15) is 5.10 Å². The molecule has 0 bridgehead atoms. The standard InChI is InChI=1S/C16H14N4O2S2/c1-9(2)19-20-13(21)10-7-8-23-15(10)18-14(22)16-17-11-5-3-4-6-12(11)24-16/h3-8H,1-2H3,(H,18,22)(H,20,21). The van der Waals surface area contributed by atoms with Gasteiger partial charge in [0.1, 0.15) is 5.00 Å². The maximum Gasteiger partial charge on any atom is 0.285 e. The Kier molecular flexibility index (Phi) is 4.68. The van der Waals surface area contributed by atoms with Crippen LogP contribution in [0.4, 0.5) is 5.00 Å². The summed E-state index contributed by atoms with van der Waals surface area (Å²) in [5.74, 6) is -0.695. The Morgan fingerprint density at radius 2 is 1.92 bits per heavy atom. The number of para-hydroxylation sites is 1. The van der Waals surface area contributed by atoms with Crippen molar-refractivity contribution >= 4 is 55.4 Å². The predicted molar refractivity (Wildman–Crippen MR) is 98.1 cm³/mol. The minimum absolute atomic E-state index is 0.331. The summed E-state index contributed by atoms with van der Waals surface area (Å²) in [6.45, 7) is 3.56. The molecule has 3 aromatic rings. The molecule has 122 valence electrons. The highest BCUT2D eigenvalue weighted by molar-refractivity contribution is 7.20. The van der Waals surface area contributed by atoms with Crippen molar-refractivity contribution in [1.29, 1.82) is 0 Å². The van der Waals surface area contributed by atoms with Crippen molar-refractivity contribution in [3.8, 4) is 0 Å². The Morgan fingerprint density at radius 1 is 1.12 bits per heavy atom. The molecule has 0 fully saturated rings. The molecule has 0 aliphatic carbocycles. The summed E-state index contributed by atoms with van der Waals surface area (Å²) in [7, 11) is 0. The van der Waals surface area contributed by atoms with Crippen molar-refractivity contribution in [1.82, 2.24) is 10.4 Å². The number of aromatic nitrogens is 1. The van der Waals surface area contributed by atoms with Gasteiger partial charge in [0.2, 0.25) is 0 Å². The lowest BCUT2D eigenvalue weighted by atomic mass is 10.3. The summed E-state index contributed by atoms with van der Waals surface area (Å²) in [6.07, 6.45) is 0. The van der Waals surface area contributed by atoms with Gasteiger partial charge >= 0.3 is 0 Å². The largest absolute Gasteiger partial charge is 0.311 e. The number of benzene rings is 1. The third-order valence-corrected chi connectivity index (χ3v) is 4.87. The normalized spacial score (nSPS) is 10.4. The molecule has 24 heavy (non-hydrogen) atoms. The molecular formula is C16H14N4O2S2. The van der Waals surface area contributed by atoms with E-state index in [2.05, 4.69) is 20.8 Å². The maximum atomic E-state index is 12.4. The van der Waals surface area contributed by atoms with Crippen LogP contribution in [-0.2, 0) is 0 Å². The lowest BCUT2D eigenvalue weighted by Crippen LogP contribution is -2.20. The zero-order valence-corrected chi connectivity index (χ0v) is 14.6. The van der Waals surface area contributed by atoms with Gasteiger partial charge in [-0.15, -0.1) is 22.7 Å². The van der Waals surface area contributed by atoms with Crippen molar-refractivity contribution in [3.63, 3.8) is 0 Å². The first-order chi connectivity index (χ1) is 11.5. The van der Waals surface area contributed by atoms with E-state index in [0.717, 1.165) is 15.9 Å². The van der Waals surface area contributed by atoms with Gasteiger partial charge in [-0.05, 0) is 37.4 Å². The third-order valence-electron chi connectivity index (χ3n) is 3.01. The molecule has 2 heterocycles. The number of anilines is 1. The second-order valence-corrected chi connectivity index (χ2v) is 7.05. The fourth-order valence-corrected chi connectivity index (χ4v) is 3.57. The van der Waals surface area contributed by atoms with Crippen molar-refractivity contribution in [2.75, 3.05) is 5.32 Å². The number of fused-ring (bicyclic) bond motifs is 1. The summed E-state index contributed by atoms with van der Waals surface area (Å²) in [6, 6.07) is 9.20. The maximum absolute atomic E-state index is 12.4. The van der Waals surface area contributed by atoms with E-state index in [0.29, 0.717) is 15.6 Å². The number of nitrogens with zero attached hydrogens (tertiary/aromatic N) is 2. The highest BCUT2D eigenvalue weighted by Gasteiger charge is 2.18. The van der Waals surface area contributed by atoms with Crippen LogP contribution in [0.5, 0.6) is 0 Å². The van der Waals surface area contributed by atoms with Crippen LogP contribution < -0.4 is 10.7 Å². The van der Waals surface area contributed by atoms with Crippen LogP contribution in [0.3, 0.4) is 0 Å². The molecule has 2 aromatic heterocycles. The smallest absolute Gasteiger partial charge is 0.285 e. The van der Waals surface area contributed by atoms with E-state index in [-0.39, 0.29) is 11.8 Å². The summed E-state index contributed by atoms with van der Waals surface area (Å²) < 4.78 is 0.944. The minimum atomic E-state index is -0.364. The van der Waals surface area contributed by atoms with Crippen molar-refractivity contribution in [3.05, 3.63) is 46.3 Å². The molecule has 0 saturated heterocycles. The number of thiazole rings is 1. The van der Waals surface area contributed by atoms with Crippen LogP contribution in [0.25, 0.3) is 10.2 Å². The number of nitrogens with one attached hydrogen (secondary N) is 2. The van der Waals surface area contributed by atoms with Crippen LogP contribution in [0.2, 0.25) is 0 Å². The number of hydrogen-bond acceptors (Lipinski definition) is 6. The van der Waals surface area contributed by atoms with Crippen molar-refractivity contribution < 1.29 is 9.59 Å². The minimum Gasteiger partial charge on any atom is -0.311 e. The zero-order chi connectivity index (χ0) is 17.1. The van der Waals surface area contributed by atoms with Crippen LogP contribution in [-0.4, -0.2) is 22.5 Å². The Bertz CT molecular complexity index is 905. The number of hydrazone groups is 1. The molecule has 3 rings (SSSR count). The fourth-order valence-electron chi connectivity index (χ4n) is 1.93. The molecule has 1 aromatic carbocycles. The van der Waals surface area contributed by atoms with Gasteiger partial charge in [-0.1, -0.05) is 12.1 Å². The van der Waals surface area contributed by atoms with Crippen LogP contribution in [0.1, 0.15) is 34.0 Å². The predicted octanol–water partition coefficient (Wildman–Crippen LogP) is 3.74. The number of carbonyl (C=O) groups excluding carboxylic acids is 2. The van der Waals surface area contributed by atoms with Gasteiger partial charge in [0.15, 0.2) is 5.01 Å². The Morgan fingerprint density at radius 3 is 2.67 bits per heavy atom. The number of amides is 2. The first-order valence-corrected chi connectivity index (χ1v) is 8.80. The van der Waals surface area contributed by atoms with E-state index in [1.54, 1.807) is 25.3 Å². The highest BCUT2D eigenvalue weighted by Crippen LogP contribution is 2.26. The van der Waals surface area contributed by atoms with Gasteiger partial charge in [0, 0.05) is 5.71 Å². The molecule has 0 radical (unpaired) electrons. The summed E-state index contributed by atoms with van der Waals surface area (Å²) in [5.41, 5.74) is 4.34. The molecule has 0 aliphatic rings. The monoisotopic (exact) mass is 358 g/mol. The van der Waals surface area contributed by atoms with Gasteiger partial charge in [0.25, 0.3) is 11.8 Å². The van der Waals surface area contributed by atoms with Crippen molar-refractivity contribution in [2.45, 2.75) is 13.8 Å². The quantitative estimate of drug-likeness (QED) is 0.550. The molecule has 0 aliphatic heterocycles. The second kappa shape index (κ2) is 6.90. The third kappa shape index (κ3) is 3.50. The number of rotatable bonds is 4. The van der Waals surface area contributed by atoms with E-state index < -0.39 is 0 Å². The van der Waals surface area contributed by atoms with Crippen LogP contribution in [0, 0.1) is 0 Å². The summed E-state index contributed by atoms with van der Waals surface area (Å²) in [4.78, 5) is 28.8. The first-order valence-electron chi connectivity index (χ1n) is 7.10. The molecule has 6 nitrogen and oxygen atoms in total. The molecule has 2 N–H and O–H groups in total. The Hall–Kier alpha value is -2.58. The topological polar surface area (TPSA) is 83.5 Å². The molecule has 8 heteroatoms. The molecule has 0 spiro atoms. The summed E-state index contributed by atoms with van der Waals surface area (Å²) >= 11 is 2.59.